The van der Waals surface area contributed by atoms with E-state index in [0.29, 0.717) is 5.02 Å². The van der Waals surface area contributed by atoms with Gasteiger partial charge in [-0.1, -0.05) is 35.9 Å². The SMILES string of the molecule is Cc1ccc(-c2cccc([N+](=O)[O-])c2)c(Cl)c1. The predicted octanol–water partition coefficient (Wildman–Crippen LogP) is 4.22. The minimum atomic E-state index is -0.411. The summed E-state index contributed by atoms with van der Waals surface area (Å²) in [7, 11) is 0. The predicted molar refractivity (Wildman–Crippen MR) is 68.3 cm³/mol. The van der Waals surface area contributed by atoms with Crippen molar-refractivity contribution >= 4 is 17.3 Å². The average molecular weight is 248 g/mol. The summed E-state index contributed by atoms with van der Waals surface area (Å²) >= 11 is 6.13. The first-order chi connectivity index (χ1) is 8.08. The molecule has 0 saturated heterocycles. The first-order valence-corrected chi connectivity index (χ1v) is 5.47. The smallest absolute Gasteiger partial charge is 0.258 e. The molecule has 0 spiro atoms. The normalized spacial score (nSPS) is 10.2. The van der Waals surface area contributed by atoms with Crippen LogP contribution in [0, 0.1) is 17.0 Å². The monoisotopic (exact) mass is 247 g/mol. The van der Waals surface area contributed by atoms with E-state index in [-0.39, 0.29) is 5.69 Å². The molecule has 0 atom stereocenters. The number of non-ortho nitro benzene ring substituents is 1. The van der Waals surface area contributed by atoms with Crippen molar-refractivity contribution in [2.24, 2.45) is 0 Å². The second kappa shape index (κ2) is 4.55. The molecule has 0 amide bonds. The van der Waals surface area contributed by atoms with Gasteiger partial charge in [0.2, 0.25) is 0 Å². The number of halogens is 1. The summed E-state index contributed by atoms with van der Waals surface area (Å²) in [5, 5.41) is 11.3. The van der Waals surface area contributed by atoms with Crippen LogP contribution in [0.4, 0.5) is 5.69 Å². The highest BCUT2D eigenvalue weighted by molar-refractivity contribution is 6.33. The number of rotatable bonds is 2. The van der Waals surface area contributed by atoms with Crippen molar-refractivity contribution in [3.8, 4) is 11.1 Å². The number of benzene rings is 2. The average Bonchev–Trinajstić information content (AvgIpc) is 2.29. The molecule has 0 unspecified atom stereocenters. The van der Waals surface area contributed by atoms with Crippen LogP contribution in [0.3, 0.4) is 0 Å². The third-order valence-electron chi connectivity index (χ3n) is 2.49. The summed E-state index contributed by atoms with van der Waals surface area (Å²) in [6.07, 6.45) is 0. The highest BCUT2D eigenvalue weighted by Crippen LogP contribution is 2.30. The second-order valence-electron chi connectivity index (χ2n) is 3.79. The quantitative estimate of drug-likeness (QED) is 0.589. The first-order valence-electron chi connectivity index (χ1n) is 5.09. The molecule has 0 heterocycles. The van der Waals surface area contributed by atoms with E-state index >= 15 is 0 Å². The summed E-state index contributed by atoms with van der Waals surface area (Å²) in [6, 6.07) is 12.1. The highest BCUT2D eigenvalue weighted by atomic mass is 35.5. The molecule has 0 bridgehead atoms. The van der Waals surface area contributed by atoms with Crippen LogP contribution in [0.2, 0.25) is 5.02 Å². The lowest BCUT2D eigenvalue weighted by molar-refractivity contribution is -0.384. The Labute approximate surface area is 104 Å². The van der Waals surface area contributed by atoms with Gasteiger partial charge in [-0.15, -0.1) is 0 Å². The Kier molecular flexibility index (Phi) is 3.11. The van der Waals surface area contributed by atoms with Crippen LogP contribution in [0.15, 0.2) is 42.5 Å². The Morgan fingerprint density at radius 1 is 1.18 bits per heavy atom. The van der Waals surface area contributed by atoms with Gasteiger partial charge in [-0.05, 0) is 24.1 Å². The molecule has 2 aromatic rings. The van der Waals surface area contributed by atoms with E-state index in [2.05, 4.69) is 0 Å². The van der Waals surface area contributed by atoms with Gasteiger partial charge in [0.1, 0.15) is 0 Å². The molecule has 0 aliphatic carbocycles. The molecule has 0 aromatic heterocycles. The largest absolute Gasteiger partial charge is 0.270 e. The van der Waals surface area contributed by atoms with Gasteiger partial charge in [-0.25, -0.2) is 0 Å². The van der Waals surface area contributed by atoms with E-state index in [4.69, 9.17) is 11.6 Å². The molecular weight excluding hydrogens is 238 g/mol. The van der Waals surface area contributed by atoms with Crippen molar-refractivity contribution in [3.63, 3.8) is 0 Å². The zero-order valence-corrected chi connectivity index (χ0v) is 9.94. The van der Waals surface area contributed by atoms with Crippen molar-refractivity contribution < 1.29 is 4.92 Å². The van der Waals surface area contributed by atoms with Gasteiger partial charge in [0.15, 0.2) is 0 Å². The van der Waals surface area contributed by atoms with Gasteiger partial charge in [-0.3, -0.25) is 10.1 Å². The standard InChI is InChI=1S/C13H10ClNO2/c1-9-5-6-12(13(14)7-9)10-3-2-4-11(8-10)15(16)17/h2-8H,1H3. The molecule has 0 N–H and O–H groups in total. The molecule has 2 rings (SSSR count). The van der Waals surface area contributed by atoms with E-state index < -0.39 is 4.92 Å². The van der Waals surface area contributed by atoms with Crippen molar-refractivity contribution in [3.05, 3.63) is 63.2 Å². The zero-order chi connectivity index (χ0) is 12.4. The van der Waals surface area contributed by atoms with Crippen LogP contribution in [0.5, 0.6) is 0 Å². The van der Waals surface area contributed by atoms with Crippen LogP contribution < -0.4 is 0 Å². The molecular formula is C13H10ClNO2. The molecule has 0 radical (unpaired) electrons. The topological polar surface area (TPSA) is 43.1 Å². The molecule has 0 aliphatic rings. The lowest BCUT2D eigenvalue weighted by Crippen LogP contribution is -1.88. The number of hydrogen-bond donors (Lipinski definition) is 0. The summed E-state index contributed by atoms with van der Waals surface area (Å²) in [5.74, 6) is 0. The van der Waals surface area contributed by atoms with Crippen molar-refractivity contribution in [2.75, 3.05) is 0 Å². The molecule has 86 valence electrons. The number of hydrogen-bond acceptors (Lipinski definition) is 2. The van der Waals surface area contributed by atoms with E-state index in [1.54, 1.807) is 6.07 Å². The van der Waals surface area contributed by atoms with Crippen LogP contribution in [-0.2, 0) is 0 Å². The zero-order valence-electron chi connectivity index (χ0n) is 9.18. The molecule has 3 nitrogen and oxygen atoms in total. The third-order valence-corrected chi connectivity index (χ3v) is 2.81. The van der Waals surface area contributed by atoms with Gasteiger partial charge < -0.3 is 0 Å². The third kappa shape index (κ3) is 2.45. The van der Waals surface area contributed by atoms with Gasteiger partial charge in [0.25, 0.3) is 5.69 Å². The van der Waals surface area contributed by atoms with Crippen molar-refractivity contribution in [2.45, 2.75) is 6.92 Å². The maximum Gasteiger partial charge on any atom is 0.270 e. The summed E-state index contributed by atoms with van der Waals surface area (Å²) < 4.78 is 0. The minimum Gasteiger partial charge on any atom is -0.258 e. The number of nitro groups is 1. The van der Waals surface area contributed by atoms with Gasteiger partial charge >= 0.3 is 0 Å². The highest BCUT2D eigenvalue weighted by Gasteiger charge is 2.09. The fourth-order valence-electron chi connectivity index (χ4n) is 1.64. The Balaban J connectivity index is 2.53. The molecule has 0 saturated carbocycles. The van der Waals surface area contributed by atoms with Crippen molar-refractivity contribution in [1.82, 2.24) is 0 Å². The lowest BCUT2D eigenvalue weighted by atomic mass is 10.0. The second-order valence-corrected chi connectivity index (χ2v) is 4.20. The van der Waals surface area contributed by atoms with Gasteiger partial charge in [0.05, 0.1) is 4.92 Å². The summed E-state index contributed by atoms with van der Waals surface area (Å²) in [5.41, 5.74) is 2.69. The number of aryl methyl sites for hydroxylation is 1. The Hall–Kier alpha value is -1.87. The van der Waals surface area contributed by atoms with Crippen LogP contribution in [0.1, 0.15) is 5.56 Å². The molecule has 4 heteroatoms. The fourth-order valence-corrected chi connectivity index (χ4v) is 1.99. The number of nitrogens with zero attached hydrogens (tertiary/aromatic N) is 1. The Morgan fingerprint density at radius 3 is 2.59 bits per heavy atom. The minimum absolute atomic E-state index is 0.0686. The van der Waals surface area contributed by atoms with Crippen molar-refractivity contribution in [1.29, 1.82) is 0 Å². The van der Waals surface area contributed by atoms with Gasteiger partial charge in [0, 0.05) is 22.7 Å². The van der Waals surface area contributed by atoms with Crippen LogP contribution in [0.25, 0.3) is 11.1 Å². The van der Waals surface area contributed by atoms with Gasteiger partial charge in [-0.2, -0.15) is 0 Å². The van der Waals surface area contributed by atoms with Crippen LogP contribution >= 0.6 is 11.6 Å². The van der Waals surface area contributed by atoms with E-state index in [1.165, 1.54) is 12.1 Å². The Bertz CT molecular complexity index is 581. The molecule has 0 fully saturated rings. The lowest BCUT2D eigenvalue weighted by Gasteiger charge is -2.05. The number of nitro benzene ring substituents is 1. The molecule has 0 aliphatic heterocycles. The van der Waals surface area contributed by atoms with E-state index in [9.17, 15) is 10.1 Å². The fraction of sp³-hybridized carbons (Fsp3) is 0.0769. The van der Waals surface area contributed by atoms with Crippen LogP contribution in [-0.4, -0.2) is 4.92 Å². The first kappa shape index (κ1) is 11.6. The molecule has 2 aromatic carbocycles. The Morgan fingerprint density at radius 2 is 1.94 bits per heavy atom. The maximum atomic E-state index is 10.7. The molecule has 17 heavy (non-hydrogen) atoms. The summed E-state index contributed by atoms with van der Waals surface area (Å²) in [4.78, 5) is 10.3. The van der Waals surface area contributed by atoms with E-state index in [1.807, 2.05) is 31.2 Å². The maximum absolute atomic E-state index is 10.7. The summed E-state index contributed by atoms with van der Waals surface area (Å²) in [6.45, 7) is 1.95. The van der Waals surface area contributed by atoms with E-state index in [0.717, 1.165) is 16.7 Å².